The topological polar surface area (TPSA) is 207 Å². The predicted octanol–water partition coefficient (Wildman–Crippen LogP) is 7.12. The van der Waals surface area contributed by atoms with Crippen molar-refractivity contribution >= 4 is 23.9 Å². The van der Waals surface area contributed by atoms with Crippen LogP contribution in [0.3, 0.4) is 0 Å². The first kappa shape index (κ1) is 59.7. The highest BCUT2D eigenvalue weighted by molar-refractivity contribution is 5.77. The molecule has 0 unspecified atom stereocenters. The minimum atomic E-state index is -1.83. The Labute approximate surface area is 465 Å². The van der Waals surface area contributed by atoms with Gasteiger partial charge in [0.2, 0.25) is 6.29 Å². The molecule has 3 saturated heterocycles. The second kappa shape index (κ2) is 29.8. The molecule has 0 spiro atoms. The summed E-state index contributed by atoms with van der Waals surface area (Å²) in [6, 6.07) is 48.1. The minimum Gasteiger partial charge on any atom is -0.467 e. The van der Waals surface area contributed by atoms with Gasteiger partial charge < -0.3 is 71.1 Å². The Morgan fingerprint density at radius 1 is 0.400 bits per heavy atom. The van der Waals surface area contributed by atoms with Crippen molar-refractivity contribution in [2.24, 2.45) is 0 Å². The molecule has 0 bridgehead atoms. The Hall–Kier alpha value is -6.46. The molecule has 0 saturated carbocycles. The summed E-state index contributed by atoms with van der Waals surface area (Å²) >= 11 is 0. The van der Waals surface area contributed by atoms with E-state index in [1.807, 2.05) is 159 Å². The third kappa shape index (κ3) is 16.4. The second-order valence-corrected chi connectivity index (χ2v) is 19.4. The summed E-state index contributed by atoms with van der Waals surface area (Å²) in [5.74, 6) is -3.65. The van der Waals surface area contributed by atoms with Gasteiger partial charge >= 0.3 is 23.9 Å². The highest BCUT2D eigenvalue weighted by Gasteiger charge is 2.59. The van der Waals surface area contributed by atoms with Crippen LogP contribution in [0.5, 0.6) is 0 Å². The van der Waals surface area contributed by atoms with Gasteiger partial charge in [-0.1, -0.05) is 152 Å². The fourth-order valence-corrected chi connectivity index (χ4v) is 9.81. The van der Waals surface area contributed by atoms with Gasteiger partial charge in [0.05, 0.1) is 52.9 Å². The van der Waals surface area contributed by atoms with E-state index in [1.165, 1.54) is 7.11 Å². The Bertz CT molecular complexity index is 2670. The van der Waals surface area contributed by atoms with Crippen molar-refractivity contribution in [1.29, 1.82) is 0 Å². The SMILES string of the molecule is COC(=O)[C@H]1O[C@@H](O[C@H]2[C@H](OC)O[C@H](COCc3ccccc3)[C@H](OCc3ccccc3)[C@@H]2O[C@@H]2O[C@@H](C)[C@H](OCc3ccccc3)[C@H](OCc3ccccc3)[C@@H]2OCc2ccccc2)[C@H](OC(C)=O)[C@H](OC(C)=O)[C@@H]1OC(C)=O. The van der Waals surface area contributed by atoms with Gasteiger partial charge in [-0.15, -0.1) is 0 Å². The molecule has 0 aromatic heterocycles. The molecule has 0 amide bonds. The van der Waals surface area contributed by atoms with E-state index in [4.69, 9.17) is 71.1 Å². The molecule has 5 aromatic rings. The summed E-state index contributed by atoms with van der Waals surface area (Å²) in [6.45, 7) is 5.80. The molecule has 8 rings (SSSR count). The summed E-state index contributed by atoms with van der Waals surface area (Å²) in [6.07, 6.45) is -19.6. The highest BCUT2D eigenvalue weighted by atomic mass is 16.8. The minimum absolute atomic E-state index is 0.0291. The van der Waals surface area contributed by atoms with E-state index < -0.39 is 116 Å². The molecule has 80 heavy (non-hydrogen) atoms. The molecule has 19 nitrogen and oxygen atoms in total. The maximum Gasteiger partial charge on any atom is 0.339 e. The molecule has 3 aliphatic heterocycles. The second-order valence-electron chi connectivity index (χ2n) is 19.4. The van der Waals surface area contributed by atoms with Crippen LogP contribution in [0.25, 0.3) is 0 Å². The van der Waals surface area contributed by atoms with Crippen molar-refractivity contribution in [3.8, 4) is 0 Å². The average Bonchev–Trinajstić information content (AvgIpc) is 3.57. The van der Waals surface area contributed by atoms with Gasteiger partial charge in [0.1, 0.15) is 42.7 Å². The zero-order valence-corrected chi connectivity index (χ0v) is 45.6. The maximum absolute atomic E-state index is 13.7. The molecular formula is C61H70O19. The number of hydrogen-bond acceptors (Lipinski definition) is 19. The van der Waals surface area contributed by atoms with Crippen LogP contribution in [0, 0.1) is 0 Å². The summed E-state index contributed by atoms with van der Waals surface area (Å²) in [4.78, 5) is 52.3. The van der Waals surface area contributed by atoms with Gasteiger partial charge in [0, 0.05) is 27.9 Å². The van der Waals surface area contributed by atoms with Crippen molar-refractivity contribution in [3.05, 3.63) is 179 Å². The highest BCUT2D eigenvalue weighted by Crippen LogP contribution is 2.39. The van der Waals surface area contributed by atoms with E-state index in [2.05, 4.69) is 0 Å². The van der Waals surface area contributed by atoms with Crippen molar-refractivity contribution in [2.45, 2.75) is 153 Å². The van der Waals surface area contributed by atoms with Crippen LogP contribution < -0.4 is 0 Å². The zero-order chi connectivity index (χ0) is 56.4. The Morgan fingerprint density at radius 2 is 0.800 bits per heavy atom. The van der Waals surface area contributed by atoms with Crippen LogP contribution >= 0.6 is 0 Å². The van der Waals surface area contributed by atoms with Gasteiger partial charge in [-0.3, -0.25) is 14.4 Å². The molecule has 5 aromatic carbocycles. The summed E-state index contributed by atoms with van der Waals surface area (Å²) in [5.41, 5.74) is 4.37. The average molecular weight is 1110 g/mol. The number of hydrogen-bond donors (Lipinski definition) is 0. The van der Waals surface area contributed by atoms with Crippen LogP contribution in [-0.2, 0) is 123 Å². The third-order valence-electron chi connectivity index (χ3n) is 13.5. The number of ether oxygens (including phenoxy) is 15. The van der Waals surface area contributed by atoms with Gasteiger partial charge in [-0.25, -0.2) is 4.79 Å². The standard InChI is InChI=1S/C61H70O19/c1-38-48(69-33-43-24-14-8-15-25-43)50(71-35-45-28-18-10-19-29-45)55(72-36-46-30-20-11-21-31-46)60(73-38)78-51-49(70-34-44-26-16-9-17-27-44)47(37-68-32-42-22-12-7-13-23-42)77-59(67-6)56(51)80-61-57(76-41(4)64)53(75-40(3)63)52(74-39(2)62)54(79-61)58(65)66-5/h7-31,38,47-57,59-61H,32-37H2,1-6H3/t38-,47+,48-,49-,50-,51-,52-,53+,54-,55-,56+,57+,59+,60-,61-/m0/s1. The van der Waals surface area contributed by atoms with Crippen LogP contribution in [0.4, 0.5) is 0 Å². The smallest absolute Gasteiger partial charge is 0.339 e. The quantitative estimate of drug-likeness (QED) is 0.0421. The predicted molar refractivity (Wildman–Crippen MR) is 283 cm³/mol. The molecule has 3 heterocycles. The molecular weight excluding hydrogens is 1040 g/mol. The molecule has 3 fully saturated rings. The van der Waals surface area contributed by atoms with Gasteiger partial charge in [0.15, 0.2) is 37.0 Å². The number of methoxy groups -OCH3 is 2. The first-order chi connectivity index (χ1) is 38.9. The van der Waals surface area contributed by atoms with Crippen LogP contribution in [0.2, 0.25) is 0 Å². The van der Waals surface area contributed by atoms with Crippen LogP contribution in [0.1, 0.15) is 55.5 Å². The number of benzene rings is 5. The normalized spacial score (nSPS) is 28.5. The largest absolute Gasteiger partial charge is 0.467 e. The van der Waals surface area contributed by atoms with E-state index in [0.717, 1.165) is 55.7 Å². The van der Waals surface area contributed by atoms with E-state index in [-0.39, 0.29) is 39.6 Å². The Balaban J connectivity index is 1.24. The maximum atomic E-state index is 13.7. The number of esters is 4. The Morgan fingerprint density at radius 3 is 1.26 bits per heavy atom. The molecule has 3 aliphatic rings. The summed E-state index contributed by atoms with van der Waals surface area (Å²) < 4.78 is 96.8. The van der Waals surface area contributed by atoms with Crippen molar-refractivity contribution in [1.82, 2.24) is 0 Å². The van der Waals surface area contributed by atoms with E-state index in [0.29, 0.717) is 0 Å². The monoisotopic (exact) mass is 1110 g/mol. The van der Waals surface area contributed by atoms with Gasteiger partial charge in [-0.05, 0) is 34.7 Å². The van der Waals surface area contributed by atoms with Gasteiger partial charge in [0.25, 0.3) is 0 Å². The number of carbonyl (C=O) groups is 4. The first-order valence-corrected chi connectivity index (χ1v) is 26.5. The number of carbonyl (C=O) groups excluding carboxylic acids is 4. The lowest BCUT2D eigenvalue weighted by molar-refractivity contribution is -0.394. The van der Waals surface area contributed by atoms with E-state index in [1.54, 1.807) is 0 Å². The fourth-order valence-electron chi connectivity index (χ4n) is 9.81. The lowest BCUT2D eigenvalue weighted by atomic mass is 9.95. The van der Waals surface area contributed by atoms with Crippen LogP contribution in [-0.4, -0.2) is 137 Å². The first-order valence-electron chi connectivity index (χ1n) is 26.5. The van der Waals surface area contributed by atoms with Crippen molar-refractivity contribution in [2.75, 3.05) is 20.8 Å². The van der Waals surface area contributed by atoms with Crippen molar-refractivity contribution < 1.29 is 90.2 Å². The molecule has 19 heteroatoms. The third-order valence-corrected chi connectivity index (χ3v) is 13.5. The Kier molecular flexibility index (Phi) is 22.3. The van der Waals surface area contributed by atoms with Crippen LogP contribution in [0.15, 0.2) is 152 Å². The molecule has 0 aliphatic carbocycles. The zero-order valence-electron chi connectivity index (χ0n) is 45.6. The van der Waals surface area contributed by atoms with Crippen molar-refractivity contribution in [3.63, 3.8) is 0 Å². The number of rotatable bonds is 25. The van der Waals surface area contributed by atoms with E-state index >= 15 is 0 Å². The van der Waals surface area contributed by atoms with Gasteiger partial charge in [-0.2, -0.15) is 0 Å². The molecule has 0 N–H and O–H groups in total. The molecule has 15 atom stereocenters. The molecule has 0 radical (unpaired) electrons. The summed E-state index contributed by atoms with van der Waals surface area (Å²) in [5, 5.41) is 0. The molecule has 428 valence electrons. The summed E-state index contributed by atoms with van der Waals surface area (Å²) in [7, 11) is 2.48. The fraction of sp³-hybridized carbons (Fsp3) is 0.443. The van der Waals surface area contributed by atoms with E-state index in [9.17, 15) is 19.2 Å². The lowest BCUT2D eigenvalue weighted by Gasteiger charge is -2.51. The lowest BCUT2D eigenvalue weighted by Crippen LogP contribution is -2.68.